The van der Waals surface area contributed by atoms with E-state index in [0.717, 1.165) is 11.3 Å². The maximum Gasteiger partial charge on any atom is 0.327 e. The van der Waals surface area contributed by atoms with Gasteiger partial charge in [0.2, 0.25) is 5.89 Å². The summed E-state index contributed by atoms with van der Waals surface area (Å²) in [6.07, 6.45) is 0. The standard InChI is InChI=1S/C20H22N4O3/c1-20(2,3)14-7-9-15(10-8-14)21-18(25)22-19-24-23-17(27-19)13-5-11-16(26-4)12-6-13/h5-12H,1-4H3,(H2,21,22,24,25). The Bertz CT molecular complexity index is 910. The van der Waals surface area contributed by atoms with Crippen molar-refractivity contribution in [2.24, 2.45) is 0 Å². The van der Waals surface area contributed by atoms with Crippen LogP contribution in [0.15, 0.2) is 52.9 Å². The number of hydrogen-bond acceptors (Lipinski definition) is 5. The Hall–Kier alpha value is -3.35. The number of nitrogens with zero attached hydrogens (tertiary/aromatic N) is 2. The van der Waals surface area contributed by atoms with Crippen LogP contribution in [0.5, 0.6) is 5.75 Å². The minimum atomic E-state index is -0.455. The molecule has 3 rings (SSSR count). The molecule has 27 heavy (non-hydrogen) atoms. The van der Waals surface area contributed by atoms with Crippen molar-refractivity contribution >= 4 is 17.7 Å². The topological polar surface area (TPSA) is 89.3 Å². The third kappa shape index (κ3) is 4.63. The lowest BCUT2D eigenvalue weighted by Crippen LogP contribution is -2.19. The van der Waals surface area contributed by atoms with E-state index >= 15 is 0 Å². The minimum Gasteiger partial charge on any atom is -0.497 e. The normalized spacial score (nSPS) is 11.1. The average molecular weight is 366 g/mol. The number of carbonyl (C=O) groups excluding carboxylic acids is 1. The van der Waals surface area contributed by atoms with Crippen molar-refractivity contribution in [2.45, 2.75) is 26.2 Å². The number of anilines is 2. The molecule has 0 fully saturated rings. The van der Waals surface area contributed by atoms with E-state index in [1.54, 1.807) is 31.4 Å². The minimum absolute atomic E-state index is 0.0182. The Morgan fingerprint density at radius 1 is 0.963 bits per heavy atom. The van der Waals surface area contributed by atoms with Crippen molar-refractivity contribution in [3.05, 3.63) is 54.1 Å². The predicted molar refractivity (Wildman–Crippen MR) is 104 cm³/mol. The van der Waals surface area contributed by atoms with Gasteiger partial charge < -0.3 is 14.5 Å². The van der Waals surface area contributed by atoms with Gasteiger partial charge in [0.15, 0.2) is 0 Å². The van der Waals surface area contributed by atoms with Crippen LogP contribution >= 0.6 is 0 Å². The lowest BCUT2D eigenvalue weighted by atomic mass is 9.87. The van der Waals surface area contributed by atoms with Crippen LogP contribution in [0.1, 0.15) is 26.3 Å². The number of urea groups is 1. The largest absolute Gasteiger partial charge is 0.497 e. The summed E-state index contributed by atoms with van der Waals surface area (Å²) in [5, 5.41) is 13.1. The molecular formula is C20H22N4O3. The molecule has 7 nitrogen and oxygen atoms in total. The molecule has 0 aliphatic rings. The number of amides is 2. The summed E-state index contributed by atoms with van der Waals surface area (Å²) in [6.45, 7) is 6.41. The van der Waals surface area contributed by atoms with Crippen LogP contribution < -0.4 is 15.4 Å². The fourth-order valence-electron chi connectivity index (χ4n) is 2.44. The Labute approximate surface area is 157 Å². The highest BCUT2D eigenvalue weighted by molar-refractivity contribution is 5.98. The second-order valence-electron chi connectivity index (χ2n) is 7.05. The quantitative estimate of drug-likeness (QED) is 0.699. The Kier molecular flexibility index (Phi) is 5.12. The van der Waals surface area contributed by atoms with E-state index in [4.69, 9.17) is 9.15 Å². The second-order valence-corrected chi connectivity index (χ2v) is 7.05. The number of nitrogens with one attached hydrogen (secondary N) is 2. The fourth-order valence-corrected chi connectivity index (χ4v) is 2.44. The third-order valence-electron chi connectivity index (χ3n) is 3.99. The van der Waals surface area contributed by atoms with Crippen molar-refractivity contribution in [3.63, 3.8) is 0 Å². The van der Waals surface area contributed by atoms with Crippen molar-refractivity contribution in [1.82, 2.24) is 10.2 Å². The van der Waals surface area contributed by atoms with Gasteiger partial charge in [0, 0.05) is 11.3 Å². The highest BCUT2D eigenvalue weighted by Gasteiger charge is 2.14. The summed E-state index contributed by atoms with van der Waals surface area (Å²) in [4.78, 5) is 12.1. The summed E-state index contributed by atoms with van der Waals surface area (Å²) in [5.74, 6) is 1.04. The summed E-state index contributed by atoms with van der Waals surface area (Å²) >= 11 is 0. The molecule has 0 radical (unpaired) electrons. The van der Waals surface area contributed by atoms with Crippen LogP contribution in [-0.4, -0.2) is 23.3 Å². The highest BCUT2D eigenvalue weighted by Crippen LogP contribution is 2.24. The van der Waals surface area contributed by atoms with E-state index < -0.39 is 6.03 Å². The smallest absolute Gasteiger partial charge is 0.327 e. The van der Waals surface area contributed by atoms with Gasteiger partial charge >= 0.3 is 12.0 Å². The molecule has 0 spiro atoms. The number of carbonyl (C=O) groups is 1. The van der Waals surface area contributed by atoms with Crippen molar-refractivity contribution in [1.29, 1.82) is 0 Å². The maximum absolute atomic E-state index is 12.1. The molecule has 2 aromatic carbocycles. The van der Waals surface area contributed by atoms with Gasteiger partial charge in [-0.05, 0) is 47.4 Å². The van der Waals surface area contributed by atoms with Gasteiger partial charge in [-0.25, -0.2) is 4.79 Å². The second kappa shape index (κ2) is 7.49. The van der Waals surface area contributed by atoms with E-state index in [2.05, 4.69) is 41.6 Å². The Morgan fingerprint density at radius 3 is 2.22 bits per heavy atom. The molecule has 0 saturated carbocycles. The molecule has 0 atom stereocenters. The van der Waals surface area contributed by atoms with Crippen molar-refractivity contribution in [3.8, 4) is 17.2 Å². The van der Waals surface area contributed by atoms with Crippen LogP contribution in [0, 0.1) is 0 Å². The molecule has 1 heterocycles. The fraction of sp³-hybridized carbons (Fsp3) is 0.250. The maximum atomic E-state index is 12.1. The summed E-state index contributed by atoms with van der Waals surface area (Å²) < 4.78 is 10.6. The summed E-state index contributed by atoms with van der Waals surface area (Å²) in [5.41, 5.74) is 2.65. The van der Waals surface area contributed by atoms with Gasteiger partial charge in [-0.2, -0.15) is 0 Å². The molecule has 0 aliphatic carbocycles. The third-order valence-corrected chi connectivity index (χ3v) is 3.99. The lowest BCUT2D eigenvalue weighted by molar-refractivity contribution is 0.261. The molecule has 0 unspecified atom stereocenters. The summed E-state index contributed by atoms with van der Waals surface area (Å²) in [7, 11) is 1.60. The molecule has 0 aliphatic heterocycles. The zero-order valence-corrected chi connectivity index (χ0v) is 15.7. The number of methoxy groups -OCH3 is 1. The molecule has 7 heteroatoms. The highest BCUT2D eigenvalue weighted by atomic mass is 16.5. The van der Waals surface area contributed by atoms with Crippen LogP contribution in [0.25, 0.3) is 11.5 Å². The zero-order valence-electron chi connectivity index (χ0n) is 15.7. The first-order valence-electron chi connectivity index (χ1n) is 8.51. The van der Waals surface area contributed by atoms with Gasteiger partial charge in [-0.1, -0.05) is 38.0 Å². The first-order valence-corrected chi connectivity index (χ1v) is 8.51. The first-order chi connectivity index (χ1) is 12.8. The molecule has 1 aromatic heterocycles. The molecule has 2 N–H and O–H groups in total. The van der Waals surface area contributed by atoms with E-state index in [1.807, 2.05) is 24.3 Å². The number of ether oxygens (including phenoxy) is 1. The van der Waals surface area contributed by atoms with Crippen LogP contribution in [-0.2, 0) is 5.41 Å². The van der Waals surface area contributed by atoms with Gasteiger partial charge in [0.1, 0.15) is 5.75 Å². The van der Waals surface area contributed by atoms with E-state index in [0.29, 0.717) is 11.6 Å². The van der Waals surface area contributed by atoms with E-state index in [9.17, 15) is 4.79 Å². The number of aromatic nitrogens is 2. The van der Waals surface area contributed by atoms with Gasteiger partial charge in [0.25, 0.3) is 0 Å². The van der Waals surface area contributed by atoms with E-state index in [-0.39, 0.29) is 11.4 Å². The van der Waals surface area contributed by atoms with Crippen molar-refractivity contribution in [2.75, 3.05) is 17.7 Å². The number of rotatable bonds is 4. The Balaban J connectivity index is 1.62. The van der Waals surface area contributed by atoms with Crippen LogP contribution in [0.4, 0.5) is 16.5 Å². The predicted octanol–water partition coefficient (Wildman–Crippen LogP) is 4.69. The van der Waals surface area contributed by atoms with Gasteiger partial charge in [0.05, 0.1) is 7.11 Å². The van der Waals surface area contributed by atoms with Gasteiger partial charge in [-0.3, -0.25) is 5.32 Å². The lowest BCUT2D eigenvalue weighted by Gasteiger charge is -2.19. The Morgan fingerprint density at radius 2 is 1.63 bits per heavy atom. The molecule has 2 amide bonds. The molecular weight excluding hydrogens is 344 g/mol. The first kappa shape index (κ1) is 18.4. The number of hydrogen-bond donors (Lipinski definition) is 2. The molecule has 140 valence electrons. The number of benzene rings is 2. The molecule has 0 saturated heterocycles. The average Bonchev–Trinajstić information content (AvgIpc) is 3.09. The monoisotopic (exact) mass is 366 g/mol. The summed E-state index contributed by atoms with van der Waals surface area (Å²) in [6, 6.07) is 14.4. The van der Waals surface area contributed by atoms with Crippen LogP contribution in [0.3, 0.4) is 0 Å². The zero-order chi connectivity index (χ0) is 19.4. The van der Waals surface area contributed by atoms with E-state index in [1.165, 1.54) is 5.56 Å². The van der Waals surface area contributed by atoms with Crippen molar-refractivity contribution < 1.29 is 13.9 Å². The van der Waals surface area contributed by atoms with Crippen LogP contribution in [0.2, 0.25) is 0 Å². The van der Waals surface area contributed by atoms with Gasteiger partial charge in [-0.15, -0.1) is 5.10 Å². The SMILES string of the molecule is COc1ccc(-c2nnc(NC(=O)Nc3ccc(C(C)(C)C)cc3)o2)cc1. The molecule has 0 bridgehead atoms. The molecule has 3 aromatic rings.